The summed E-state index contributed by atoms with van der Waals surface area (Å²) in [7, 11) is 0. The van der Waals surface area contributed by atoms with Gasteiger partial charge in [-0.2, -0.15) is 0 Å². The van der Waals surface area contributed by atoms with E-state index in [2.05, 4.69) is 0 Å². The van der Waals surface area contributed by atoms with Crippen molar-refractivity contribution in [3.05, 3.63) is 29.8 Å². The summed E-state index contributed by atoms with van der Waals surface area (Å²) in [6, 6.07) is 6.26. The molecule has 2 saturated heterocycles. The molecule has 1 aromatic carbocycles. The number of hydrogen-bond acceptors (Lipinski definition) is 12. The van der Waals surface area contributed by atoms with Crippen LogP contribution in [0.5, 0.6) is 0 Å². The van der Waals surface area contributed by atoms with E-state index in [-0.39, 0.29) is 6.42 Å². The van der Waals surface area contributed by atoms with E-state index in [1.54, 1.807) is 24.3 Å². The number of anilines is 1. The van der Waals surface area contributed by atoms with Crippen LogP contribution in [0, 0.1) is 0 Å². The fourth-order valence-corrected chi connectivity index (χ4v) is 3.94. The van der Waals surface area contributed by atoms with Crippen molar-refractivity contribution in [2.45, 2.75) is 60.7 Å². The van der Waals surface area contributed by atoms with Crippen molar-refractivity contribution >= 4 is 5.69 Å². The molecule has 2 heterocycles. The molecule has 1 unspecified atom stereocenters. The molecule has 0 saturated carbocycles. The molecule has 9 atom stereocenters. The number of hydrogen-bond donors (Lipinski definition) is 9. The average Bonchev–Trinajstić information content (AvgIpc) is 3.01. The van der Waals surface area contributed by atoms with Crippen LogP contribution >= 0.6 is 0 Å². The number of benzene rings is 1. The molecule has 12 heteroatoms. The van der Waals surface area contributed by atoms with E-state index < -0.39 is 74.1 Å². The van der Waals surface area contributed by atoms with Gasteiger partial charge < -0.3 is 60.8 Å². The zero-order chi connectivity index (χ0) is 23.0. The van der Waals surface area contributed by atoms with Crippen LogP contribution in [0.25, 0.3) is 0 Å². The summed E-state index contributed by atoms with van der Waals surface area (Å²) in [5, 5.41) is 81.0. The molecule has 1 aromatic rings. The van der Waals surface area contributed by atoms with E-state index in [9.17, 15) is 40.9 Å². The quantitative estimate of drug-likeness (QED) is 0.182. The number of aliphatic hydroxyl groups is 8. The molecule has 2 aliphatic heterocycles. The minimum Gasteiger partial charge on any atom is -0.399 e. The fraction of sp³-hybridized carbons (Fsp3) is 0.684. The number of nitrogen functional groups attached to an aromatic ring is 1. The summed E-state index contributed by atoms with van der Waals surface area (Å²) in [6.45, 7) is -2.49. The summed E-state index contributed by atoms with van der Waals surface area (Å²) in [5.74, 6) is -4.61. The Hall–Kier alpha value is -1.42. The fourth-order valence-electron chi connectivity index (χ4n) is 3.94. The summed E-state index contributed by atoms with van der Waals surface area (Å²) < 4.78 is 16.9. The third kappa shape index (κ3) is 4.29. The molecule has 0 aromatic heterocycles. The summed E-state index contributed by atoms with van der Waals surface area (Å²) >= 11 is 0. The lowest BCUT2D eigenvalue weighted by atomic mass is 9.88. The Morgan fingerprint density at radius 2 is 1.29 bits per heavy atom. The van der Waals surface area contributed by atoms with Gasteiger partial charge in [-0.3, -0.25) is 0 Å². The number of aliphatic hydroxyl groups excluding tert-OH is 8. The standard InChI is InChI=1S/C19H29NO11/c20-10-3-1-9(2-4-10)5-18(17(28)15(26)13(24)11(6-21)29-18)31-19(8-23)16(27)14(25)12(7-22)30-19/h1-4,11-17,21-28H,5-8,20H2/t11-,12-,13-,14-,15+,16+,17-,18+,19?/m1/s1. The van der Waals surface area contributed by atoms with Gasteiger partial charge in [-0.05, 0) is 17.7 Å². The monoisotopic (exact) mass is 447 g/mol. The first-order valence-electron chi connectivity index (χ1n) is 9.76. The maximum absolute atomic E-state index is 10.8. The Bertz CT molecular complexity index is 734. The van der Waals surface area contributed by atoms with Crippen LogP contribution in [0.2, 0.25) is 0 Å². The molecule has 31 heavy (non-hydrogen) atoms. The van der Waals surface area contributed by atoms with Crippen LogP contribution in [0.1, 0.15) is 5.56 Å². The normalized spacial score (nSPS) is 43.3. The maximum atomic E-state index is 10.8. The molecule has 12 nitrogen and oxygen atoms in total. The van der Waals surface area contributed by atoms with E-state index >= 15 is 0 Å². The van der Waals surface area contributed by atoms with Crippen molar-refractivity contribution in [1.29, 1.82) is 0 Å². The van der Waals surface area contributed by atoms with Gasteiger partial charge in [0.1, 0.15) is 49.3 Å². The van der Waals surface area contributed by atoms with Crippen molar-refractivity contribution in [2.24, 2.45) is 0 Å². The van der Waals surface area contributed by atoms with Crippen molar-refractivity contribution in [2.75, 3.05) is 25.6 Å². The van der Waals surface area contributed by atoms with Gasteiger partial charge in [0.2, 0.25) is 11.6 Å². The second-order valence-electron chi connectivity index (χ2n) is 7.84. The lowest BCUT2D eigenvalue weighted by Crippen LogP contribution is -2.70. The number of rotatable bonds is 7. The Balaban J connectivity index is 2.04. The third-order valence-corrected chi connectivity index (χ3v) is 5.72. The van der Waals surface area contributed by atoms with Crippen molar-refractivity contribution in [1.82, 2.24) is 0 Å². The topological polar surface area (TPSA) is 216 Å². The molecule has 0 spiro atoms. The second-order valence-corrected chi connectivity index (χ2v) is 7.84. The molecule has 0 radical (unpaired) electrons. The van der Waals surface area contributed by atoms with E-state index in [4.69, 9.17) is 19.9 Å². The first-order chi connectivity index (χ1) is 14.6. The van der Waals surface area contributed by atoms with Crippen LogP contribution in [0.3, 0.4) is 0 Å². The van der Waals surface area contributed by atoms with Crippen LogP contribution in [0.15, 0.2) is 24.3 Å². The Morgan fingerprint density at radius 3 is 1.81 bits per heavy atom. The molecule has 2 fully saturated rings. The molecule has 0 bridgehead atoms. The first-order valence-corrected chi connectivity index (χ1v) is 9.76. The molecule has 2 aliphatic rings. The molecular weight excluding hydrogens is 418 g/mol. The molecule has 10 N–H and O–H groups in total. The zero-order valence-corrected chi connectivity index (χ0v) is 16.6. The minimum absolute atomic E-state index is 0.299. The van der Waals surface area contributed by atoms with Gasteiger partial charge in [0.05, 0.1) is 13.2 Å². The highest BCUT2D eigenvalue weighted by Gasteiger charge is 2.63. The Morgan fingerprint density at radius 1 is 0.774 bits per heavy atom. The lowest BCUT2D eigenvalue weighted by molar-refractivity contribution is -0.433. The van der Waals surface area contributed by atoms with Crippen LogP contribution < -0.4 is 5.73 Å². The maximum Gasteiger partial charge on any atom is 0.224 e. The SMILES string of the molecule is Nc1ccc(C[C@@]2(OC3(CO)O[C@H](CO)[C@@H](O)[C@@H]3O)O[C@H](CO)[C@@H](O)[C@H](O)[C@H]2O)cc1. The lowest BCUT2D eigenvalue weighted by Gasteiger charge is -2.51. The molecule has 0 aliphatic carbocycles. The third-order valence-electron chi connectivity index (χ3n) is 5.72. The molecule has 176 valence electrons. The number of ether oxygens (including phenoxy) is 3. The highest BCUT2D eigenvalue weighted by molar-refractivity contribution is 5.39. The highest BCUT2D eigenvalue weighted by atomic mass is 16.8. The summed E-state index contributed by atoms with van der Waals surface area (Å²) in [5.41, 5.74) is 6.61. The first kappa shape index (κ1) is 24.2. The van der Waals surface area contributed by atoms with Gasteiger partial charge in [0.25, 0.3) is 0 Å². The zero-order valence-electron chi connectivity index (χ0n) is 16.6. The molecule has 3 rings (SSSR count). The van der Waals surface area contributed by atoms with E-state index in [0.29, 0.717) is 11.3 Å². The van der Waals surface area contributed by atoms with E-state index in [1.165, 1.54) is 0 Å². The van der Waals surface area contributed by atoms with Gasteiger partial charge in [0.15, 0.2) is 0 Å². The number of nitrogens with two attached hydrogens (primary N) is 1. The van der Waals surface area contributed by atoms with Crippen LogP contribution in [-0.4, -0.2) is 115 Å². The van der Waals surface area contributed by atoms with Gasteiger partial charge in [-0.15, -0.1) is 0 Å². The Kier molecular flexibility index (Phi) is 7.20. The van der Waals surface area contributed by atoms with Crippen molar-refractivity contribution in [3.63, 3.8) is 0 Å². The van der Waals surface area contributed by atoms with Crippen LogP contribution in [-0.2, 0) is 20.6 Å². The molecular formula is C19H29NO11. The van der Waals surface area contributed by atoms with Gasteiger partial charge >= 0.3 is 0 Å². The van der Waals surface area contributed by atoms with Crippen LogP contribution in [0.4, 0.5) is 5.69 Å². The Labute approximate surface area is 177 Å². The minimum atomic E-state index is -2.36. The molecule has 0 amide bonds. The summed E-state index contributed by atoms with van der Waals surface area (Å²) in [4.78, 5) is 0. The second kappa shape index (κ2) is 9.21. The average molecular weight is 447 g/mol. The van der Waals surface area contributed by atoms with Gasteiger partial charge in [-0.25, -0.2) is 0 Å². The van der Waals surface area contributed by atoms with Crippen molar-refractivity contribution in [3.8, 4) is 0 Å². The smallest absolute Gasteiger partial charge is 0.224 e. The largest absolute Gasteiger partial charge is 0.399 e. The van der Waals surface area contributed by atoms with Gasteiger partial charge in [0, 0.05) is 12.1 Å². The summed E-state index contributed by atoms with van der Waals surface area (Å²) in [6.07, 6.45) is -12.0. The van der Waals surface area contributed by atoms with Crippen molar-refractivity contribution < 1.29 is 55.1 Å². The predicted octanol–water partition coefficient (Wildman–Crippen LogP) is -4.20. The highest BCUT2D eigenvalue weighted by Crippen LogP contribution is 2.42. The van der Waals surface area contributed by atoms with E-state index in [0.717, 1.165) is 0 Å². The van der Waals surface area contributed by atoms with E-state index in [1.807, 2.05) is 0 Å². The van der Waals surface area contributed by atoms with Gasteiger partial charge in [-0.1, -0.05) is 12.1 Å². The predicted molar refractivity (Wildman–Crippen MR) is 102 cm³/mol.